The Morgan fingerprint density at radius 2 is 1.85 bits per heavy atom. The molecule has 2 aliphatic rings. The third-order valence-corrected chi connectivity index (χ3v) is 5.72. The van der Waals surface area contributed by atoms with Gasteiger partial charge in [-0.15, -0.1) is 0 Å². The molecule has 3 rings (SSSR count). The maximum absolute atomic E-state index is 3.54. The summed E-state index contributed by atoms with van der Waals surface area (Å²) in [6, 6.07) is 10.1. The van der Waals surface area contributed by atoms with Crippen LogP contribution >= 0.6 is 0 Å². The van der Waals surface area contributed by atoms with Crippen LogP contribution in [0.5, 0.6) is 0 Å². The highest BCUT2D eigenvalue weighted by Crippen LogP contribution is 2.15. The van der Waals surface area contributed by atoms with E-state index in [2.05, 4.69) is 65.1 Å². The summed E-state index contributed by atoms with van der Waals surface area (Å²) in [4.78, 5) is 5.19. The number of piperazine rings is 1. The fourth-order valence-electron chi connectivity index (χ4n) is 4.20. The van der Waals surface area contributed by atoms with Gasteiger partial charge in [0.15, 0.2) is 0 Å². The number of nitrogens with zero attached hydrogens (tertiary/aromatic N) is 2. The molecule has 26 heavy (non-hydrogen) atoms. The van der Waals surface area contributed by atoms with Crippen LogP contribution in [-0.2, 0) is 6.42 Å². The van der Waals surface area contributed by atoms with E-state index in [1.165, 1.54) is 37.9 Å². The van der Waals surface area contributed by atoms with Crippen molar-refractivity contribution in [3.8, 4) is 11.8 Å². The van der Waals surface area contributed by atoms with Gasteiger partial charge in [0.2, 0.25) is 0 Å². The van der Waals surface area contributed by atoms with Gasteiger partial charge in [-0.2, -0.15) is 0 Å². The van der Waals surface area contributed by atoms with E-state index in [-0.39, 0.29) is 0 Å². The molecule has 0 spiro atoms. The molecule has 0 saturated carbocycles. The van der Waals surface area contributed by atoms with Crippen LogP contribution in [0.1, 0.15) is 50.7 Å². The molecule has 0 aromatic heterocycles. The number of nitrogens with one attached hydrogen (secondary N) is 1. The molecule has 1 aromatic rings. The topological polar surface area (TPSA) is 18.5 Å². The zero-order valence-corrected chi connectivity index (χ0v) is 16.6. The summed E-state index contributed by atoms with van der Waals surface area (Å²) < 4.78 is 0. The molecule has 0 radical (unpaired) electrons. The number of benzene rings is 1. The van der Waals surface area contributed by atoms with Crippen molar-refractivity contribution in [2.75, 3.05) is 39.3 Å². The highest BCUT2D eigenvalue weighted by molar-refractivity contribution is 5.36. The van der Waals surface area contributed by atoms with Crippen molar-refractivity contribution in [1.82, 2.24) is 15.1 Å². The second-order valence-electron chi connectivity index (χ2n) is 8.04. The minimum absolute atomic E-state index is 0.602. The van der Waals surface area contributed by atoms with E-state index in [1.54, 1.807) is 0 Å². The minimum Gasteiger partial charge on any atom is -0.314 e. The number of hydrogen-bond donors (Lipinski definition) is 1. The van der Waals surface area contributed by atoms with Gasteiger partial charge in [-0.3, -0.25) is 4.90 Å². The van der Waals surface area contributed by atoms with Crippen LogP contribution in [0.2, 0.25) is 0 Å². The predicted octanol–water partition coefficient (Wildman–Crippen LogP) is 3.14. The van der Waals surface area contributed by atoms with Gasteiger partial charge in [-0.1, -0.05) is 30.4 Å². The monoisotopic (exact) mass is 353 g/mol. The van der Waals surface area contributed by atoms with Crippen LogP contribution in [0.3, 0.4) is 0 Å². The quantitative estimate of drug-likeness (QED) is 0.821. The summed E-state index contributed by atoms with van der Waals surface area (Å²) >= 11 is 0. The average molecular weight is 354 g/mol. The molecule has 1 aromatic carbocycles. The summed E-state index contributed by atoms with van der Waals surface area (Å²) in [5, 5.41) is 3.54. The van der Waals surface area contributed by atoms with Crippen molar-refractivity contribution < 1.29 is 0 Å². The molecule has 1 N–H and O–H groups in total. The molecule has 2 heterocycles. The van der Waals surface area contributed by atoms with E-state index in [0.717, 1.165) is 44.6 Å². The molecule has 3 heteroatoms. The molecule has 0 amide bonds. The summed E-state index contributed by atoms with van der Waals surface area (Å²) in [5.41, 5.74) is 2.57. The highest BCUT2D eigenvalue weighted by atomic mass is 15.2. The lowest BCUT2D eigenvalue weighted by Gasteiger charge is -2.39. The van der Waals surface area contributed by atoms with Crippen molar-refractivity contribution in [2.24, 2.45) is 0 Å². The Labute approximate surface area is 160 Å². The lowest BCUT2D eigenvalue weighted by molar-refractivity contribution is 0.123. The van der Waals surface area contributed by atoms with E-state index < -0.39 is 0 Å². The Balaban J connectivity index is 1.48. The molecule has 2 saturated heterocycles. The standard InChI is InChI=1S/C23H35N3/c1-20(2)26-17-13-24-19-23(26)18-22-11-9-21(10-12-22)8-4-7-16-25-14-5-3-6-15-25/h9-12,20,23-24H,3,5-7,13-19H2,1-2H3. The van der Waals surface area contributed by atoms with Gasteiger partial charge in [0.25, 0.3) is 0 Å². The highest BCUT2D eigenvalue weighted by Gasteiger charge is 2.24. The molecule has 0 bridgehead atoms. The summed E-state index contributed by atoms with van der Waals surface area (Å²) in [6.45, 7) is 11.6. The maximum Gasteiger partial charge on any atom is 0.0264 e. The number of piperidine rings is 1. The minimum atomic E-state index is 0.602. The molecule has 1 unspecified atom stereocenters. The zero-order valence-electron chi connectivity index (χ0n) is 16.6. The lowest BCUT2D eigenvalue weighted by Crippen LogP contribution is -2.54. The third kappa shape index (κ3) is 5.84. The summed E-state index contributed by atoms with van der Waals surface area (Å²) in [5.74, 6) is 6.70. The van der Waals surface area contributed by atoms with Crippen LogP contribution in [0.15, 0.2) is 24.3 Å². The van der Waals surface area contributed by atoms with E-state index in [9.17, 15) is 0 Å². The Bertz CT molecular complexity index is 590. The van der Waals surface area contributed by atoms with E-state index in [1.807, 2.05) is 0 Å². The molecule has 0 aliphatic carbocycles. The molecule has 1 atom stereocenters. The molecular formula is C23H35N3. The third-order valence-electron chi connectivity index (χ3n) is 5.72. The van der Waals surface area contributed by atoms with Gasteiger partial charge in [-0.05, 0) is 63.9 Å². The van der Waals surface area contributed by atoms with Crippen molar-refractivity contribution in [2.45, 2.75) is 58.0 Å². The number of likely N-dealkylation sites (tertiary alicyclic amines) is 1. The summed E-state index contributed by atoms with van der Waals surface area (Å²) in [6.07, 6.45) is 6.23. The average Bonchev–Trinajstić information content (AvgIpc) is 2.67. The lowest BCUT2D eigenvalue weighted by atomic mass is 10.0. The second kappa shape index (κ2) is 10.1. The fraction of sp³-hybridized carbons (Fsp3) is 0.652. The van der Waals surface area contributed by atoms with Gasteiger partial charge in [0, 0.05) is 50.2 Å². The van der Waals surface area contributed by atoms with E-state index in [4.69, 9.17) is 0 Å². The van der Waals surface area contributed by atoms with Crippen LogP contribution in [0.4, 0.5) is 0 Å². The van der Waals surface area contributed by atoms with Crippen LogP contribution in [0, 0.1) is 11.8 Å². The second-order valence-corrected chi connectivity index (χ2v) is 8.04. The smallest absolute Gasteiger partial charge is 0.0264 e. The Morgan fingerprint density at radius 1 is 1.08 bits per heavy atom. The van der Waals surface area contributed by atoms with E-state index >= 15 is 0 Å². The fourth-order valence-corrected chi connectivity index (χ4v) is 4.20. The molecular weight excluding hydrogens is 318 g/mol. The first kappa shape index (κ1) is 19.4. The first-order valence-electron chi connectivity index (χ1n) is 10.5. The van der Waals surface area contributed by atoms with Crippen molar-refractivity contribution in [3.05, 3.63) is 35.4 Å². The van der Waals surface area contributed by atoms with Crippen molar-refractivity contribution in [1.29, 1.82) is 0 Å². The molecule has 2 fully saturated rings. The Morgan fingerprint density at radius 3 is 2.58 bits per heavy atom. The Kier molecular flexibility index (Phi) is 7.55. The SMILES string of the molecule is CC(C)N1CCNCC1Cc1ccc(C#CCCN2CCCCC2)cc1. The van der Waals surface area contributed by atoms with Crippen molar-refractivity contribution in [3.63, 3.8) is 0 Å². The molecule has 2 aliphatic heterocycles. The molecule has 142 valence electrons. The number of hydrogen-bond acceptors (Lipinski definition) is 3. The summed E-state index contributed by atoms with van der Waals surface area (Å²) in [7, 11) is 0. The van der Waals surface area contributed by atoms with Gasteiger partial charge >= 0.3 is 0 Å². The van der Waals surface area contributed by atoms with Crippen LogP contribution in [-0.4, -0.2) is 61.2 Å². The van der Waals surface area contributed by atoms with Crippen LogP contribution < -0.4 is 5.32 Å². The van der Waals surface area contributed by atoms with E-state index in [0.29, 0.717) is 12.1 Å². The van der Waals surface area contributed by atoms with Crippen LogP contribution in [0.25, 0.3) is 0 Å². The Hall–Kier alpha value is -1.34. The number of rotatable bonds is 5. The first-order valence-corrected chi connectivity index (χ1v) is 10.5. The normalized spacial score (nSPS) is 22.2. The zero-order chi connectivity index (χ0) is 18.2. The van der Waals surface area contributed by atoms with Gasteiger partial charge in [-0.25, -0.2) is 0 Å². The van der Waals surface area contributed by atoms with Crippen molar-refractivity contribution >= 4 is 0 Å². The largest absolute Gasteiger partial charge is 0.314 e. The van der Waals surface area contributed by atoms with Gasteiger partial charge in [0.05, 0.1) is 0 Å². The van der Waals surface area contributed by atoms with Gasteiger partial charge in [0.1, 0.15) is 0 Å². The predicted molar refractivity (Wildman–Crippen MR) is 110 cm³/mol. The van der Waals surface area contributed by atoms with Gasteiger partial charge < -0.3 is 10.2 Å². The molecule has 3 nitrogen and oxygen atoms in total. The maximum atomic E-state index is 3.54. The first-order chi connectivity index (χ1) is 12.7.